The number of hydrogen-bond acceptors (Lipinski definition) is 6. The molecule has 0 aliphatic carbocycles. The van der Waals surface area contributed by atoms with Crippen molar-refractivity contribution in [3.05, 3.63) is 58.1 Å². The molecule has 3 amide bonds. The summed E-state index contributed by atoms with van der Waals surface area (Å²) in [6.45, 7) is 6.53. The van der Waals surface area contributed by atoms with Gasteiger partial charge < -0.3 is 30.1 Å². The fourth-order valence-electron chi connectivity index (χ4n) is 7.82. The van der Waals surface area contributed by atoms with Gasteiger partial charge in [-0.3, -0.25) is 9.59 Å². The number of hydrogen-bond donors (Lipinski definition) is 2. The van der Waals surface area contributed by atoms with Crippen LogP contribution in [0.2, 0.25) is 5.02 Å². The maximum absolute atomic E-state index is 14.0. The number of amides is 3. The number of nitrogens with one attached hydrogen (secondary N) is 2. The summed E-state index contributed by atoms with van der Waals surface area (Å²) in [5.74, 6) is -0.131. The van der Waals surface area contributed by atoms with Crippen LogP contribution in [0.15, 0.2) is 36.4 Å². The zero-order valence-corrected chi connectivity index (χ0v) is 26.6. The van der Waals surface area contributed by atoms with E-state index in [2.05, 4.69) is 21.6 Å². The van der Waals surface area contributed by atoms with E-state index >= 15 is 0 Å². The van der Waals surface area contributed by atoms with Crippen molar-refractivity contribution in [1.82, 2.24) is 14.7 Å². The average molecular weight is 622 g/mol. The Balaban J connectivity index is 1.16. The molecule has 9 nitrogen and oxygen atoms in total. The van der Waals surface area contributed by atoms with Crippen LogP contribution in [-0.4, -0.2) is 91.1 Å². The molecule has 4 aliphatic heterocycles. The summed E-state index contributed by atoms with van der Waals surface area (Å²) in [4.78, 5) is 46.3. The Labute approximate surface area is 265 Å². The highest BCUT2D eigenvalue weighted by Gasteiger charge is 2.44. The van der Waals surface area contributed by atoms with E-state index in [4.69, 9.17) is 16.3 Å². The molecule has 1 spiro atoms. The minimum absolute atomic E-state index is 0.0112. The number of carbonyl (C=O) groups is 3. The highest BCUT2D eigenvalue weighted by Crippen LogP contribution is 2.45. The van der Waals surface area contributed by atoms with Crippen molar-refractivity contribution in [3.8, 4) is 0 Å². The van der Waals surface area contributed by atoms with Gasteiger partial charge in [-0.2, -0.15) is 0 Å². The van der Waals surface area contributed by atoms with E-state index < -0.39 is 12.2 Å². The number of fused-ring (bicyclic) bond motifs is 2. The van der Waals surface area contributed by atoms with E-state index in [1.165, 1.54) is 12.8 Å². The minimum atomic E-state index is -0.946. The van der Waals surface area contributed by atoms with E-state index in [1.54, 1.807) is 4.90 Å². The number of ether oxygens (including phenoxy) is 1. The molecule has 3 fully saturated rings. The molecule has 0 bridgehead atoms. The van der Waals surface area contributed by atoms with Gasteiger partial charge in [0.15, 0.2) is 6.10 Å². The summed E-state index contributed by atoms with van der Waals surface area (Å²) in [5, 5.41) is 6.69. The standard InChI is InChI=1S/C34H44ClN5O4/c1-23-19-24(20-27(35)31(23)36-2)21-29(32(42)39-15-9-25(10-16-39)38-13-5-6-14-38)44-33(43)40-17-11-34(12-18-40)22-30(41)37-28-8-4-3-7-26(28)34/h3-4,7-8,19-20,25,29,36H,5-6,9-18,21-22H2,1-2H3,(H,37,41)/t29-/m1/s1. The predicted molar refractivity (Wildman–Crippen MR) is 172 cm³/mol. The van der Waals surface area contributed by atoms with Crippen LogP contribution in [0.3, 0.4) is 0 Å². The second kappa shape index (κ2) is 13.0. The van der Waals surface area contributed by atoms with E-state index in [0.29, 0.717) is 56.5 Å². The maximum Gasteiger partial charge on any atom is 0.410 e. The Hall–Kier alpha value is -3.30. The number of likely N-dealkylation sites (tertiary alicyclic amines) is 3. The van der Waals surface area contributed by atoms with Crippen LogP contribution < -0.4 is 10.6 Å². The zero-order chi connectivity index (χ0) is 30.8. The van der Waals surface area contributed by atoms with Crippen molar-refractivity contribution in [3.63, 3.8) is 0 Å². The SMILES string of the molecule is CNc1c(C)cc(C[C@@H](OC(=O)N2CCC3(CC2)CC(=O)Nc2ccccc23)C(=O)N2CCC(N3CCCC3)CC2)cc1Cl. The third-order valence-corrected chi connectivity index (χ3v) is 10.5. The molecule has 6 rings (SSSR count). The first-order chi connectivity index (χ1) is 21.3. The Morgan fingerprint density at radius 3 is 2.43 bits per heavy atom. The van der Waals surface area contributed by atoms with Crippen LogP contribution in [0, 0.1) is 6.92 Å². The topological polar surface area (TPSA) is 94.2 Å². The predicted octanol–water partition coefficient (Wildman–Crippen LogP) is 5.20. The van der Waals surface area contributed by atoms with Gasteiger partial charge in [0.05, 0.1) is 10.7 Å². The number of piperidine rings is 2. The summed E-state index contributed by atoms with van der Waals surface area (Å²) in [6.07, 6.45) is 4.95. The molecule has 10 heteroatoms. The van der Waals surface area contributed by atoms with E-state index in [0.717, 1.165) is 54.0 Å². The van der Waals surface area contributed by atoms with Crippen LogP contribution in [0.4, 0.5) is 16.2 Å². The molecule has 2 aromatic carbocycles. The number of carbonyl (C=O) groups excluding carboxylic acids is 3. The van der Waals surface area contributed by atoms with Crippen molar-refractivity contribution in [2.75, 3.05) is 56.9 Å². The Morgan fingerprint density at radius 1 is 1.05 bits per heavy atom. The first-order valence-electron chi connectivity index (χ1n) is 16.1. The monoisotopic (exact) mass is 621 g/mol. The summed E-state index contributed by atoms with van der Waals surface area (Å²) in [5.41, 5.74) is 4.37. The van der Waals surface area contributed by atoms with Crippen molar-refractivity contribution in [2.45, 2.75) is 75.9 Å². The van der Waals surface area contributed by atoms with Gasteiger partial charge in [0.25, 0.3) is 5.91 Å². The van der Waals surface area contributed by atoms with Gasteiger partial charge in [-0.25, -0.2) is 4.79 Å². The molecule has 3 saturated heterocycles. The molecule has 0 aromatic heterocycles. The molecule has 0 unspecified atom stereocenters. The van der Waals surface area contributed by atoms with Gasteiger partial charge in [0.1, 0.15) is 0 Å². The normalized spacial score (nSPS) is 21.1. The second-order valence-corrected chi connectivity index (χ2v) is 13.3. The Bertz CT molecular complexity index is 1370. The molecular weight excluding hydrogens is 578 g/mol. The summed E-state index contributed by atoms with van der Waals surface area (Å²) >= 11 is 6.56. The van der Waals surface area contributed by atoms with Crippen molar-refractivity contribution in [2.24, 2.45) is 0 Å². The van der Waals surface area contributed by atoms with Gasteiger partial charge in [0.2, 0.25) is 5.91 Å². The molecule has 44 heavy (non-hydrogen) atoms. The van der Waals surface area contributed by atoms with Gasteiger partial charge in [-0.05, 0) is 87.4 Å². The molecule has 2 aromatic rings. The third kappa shape index (κ3) is 6.26. The van der Waals surface area contributed by atoms with Crippen molar-refractivity contribution in [1.29, 1.82) is 0 Å². The highest BCUT2D eigenvalue weighted by atomic mass is 35.5. The average Bonchev–Trinajstić information content (AvgIpc) is 3.56. The Kier molecular flexibility index (Phi) is 9.06. The highest BCUT2D eigenvalue weighted by molar-refractivity contribution is 6.33. The molecule has 4 aliphatic rings. The maximum atomic E-state index is 14.0. The molecule has 4 heterocycles. The number of benzene rings is 2. The fourth-order valence-corrected chi connectivity index (χ4v) is 8.20. The van der Waals surface area contributed by atoms with E-state index in [-0.39, 0.29) is 23.7 Å². The smallest absolute Gasteiger partial charge is 0.410 e. The lowest BCUT2D eigenvalue weighted by atomic mass is 9.68. The largest absolute Gasteiger partial charge is 0.436 e. The number of anilines is 2. The number of rotatable bonds is 6. The van der Waals surface area contributed by atoms with Gasteiger partial charge >= 0.3 is 6.09 Å². The van der Waals surface area contributed by atoms with Crippen molar-refractivity contribution >= 4 is 40.9 Å². The molecule has 2 N–H and O–H groups in total. The summed E-state index contributed by atoms with van der Waals surface area (Å²) in [7, 11) is 1.83. The van der Waals surface area contributed by atoms with Crippen LogP contribution in [0.5, 0.6) is 0 Å². The summed E-state index contributed by atoms with van der Waals surface area (Å²) < 4.78 is 6.09. The lowest BCUT2D eigenvalue weighted by molar-refractivity contribution is -0.142. The molecule has 0 saturated carbocycles. The first-order valence-corrected chi connectivity index (χ1v) is 16.5. The molecule has 1 atom stereocenters. The molecule has 0 radical (unpaired) electrons. The second-order valence-electron chi connectivity index (χ2n) is 12.9. The van der Waals surface area contributed by atoms with Gasteiger partial charge in [0, 0.05) is 63.2 Å². The van der Waals surface area contributed by atoms with Crippen LogP contribution in [-0.2, 0) is 26.2 Å². The molecule has 236 valence electrons. The zero-order valence-electron chi connectivity index (χ0n) is 25.9. The minimum Gasteiger partial charge on any atom is -0.436 e. The van der Waals surface area contributed by atoms with E-state index in [1.807, 2.05) is 49.2 Å². The summed E-state index contributed by atoms with van der Waals surface area (Å²) in [6, 6.07) is 12.3. The fraction of sp³-hybridized carbons (Fsp3) is 0.559. The Morgan fingerprint density at radius 2 is 1.75 bits per heavy atom. The number of nitrogens with zero attached hydrogens (tertiary/aromatic N) is 3. The van der Waals surface area contributed by atoms with Gasteiger partial charge in [-0.1, -0.05) is 35.9 Å². The van der Waals surface area contributed by atoms with Gasteiger partial charge in [-0.15, -0.1) is 0 Å². The number of para-hydroxylation sites is 1. The molecular formula is C34H44ClN5O4. The number of aryl methyl sites for hydroxylation is 1. The van der Waals surface area contributed by atoms with Crippen LogP contribution >= 0.6 is 11.6 Å². The van der Waals surface area contributed by atoms with Crippen molar-refractivity contribution < 1.29 is 19.1 Å². The quantitative estimate of drug-likeness (QED) is 0.461. The lowest BCUT2D eigenvalue weighted by Gasteiger charge is -2.44. The van der Waals surface area contributed by atoms with Crippen LogP contribution in [0.25, 0.3) is 0 Å². The third-order valence-electron chi connectivity index (χ3n) is 10.2. The van der Waals surface area contributed by atoms with Crippen LogP contribution in [0.1, 0.15) is 61.6 Å². The van der Waals surface area contributed by atoms with E-state index in [9.17, 15) is 14.4 Å². The number of halogens is 1. The first kappa shape index (κ1) is 30.7. The lowest BCUT2D eigenvalue weighted by Crippen LogP contribution is -2.52.